The number of halogens is 3. The predicted molar refractivity (Wildman–Crippen MR) is 62.5 cm³/mol. The van der Waals surface area contributed by atoms with Gasteiger partial charge in [-0.05, 0) is 31.5 Å². The number of rotatable bonds is 4. The Labute approximate surface area is 102 Å². The van der Waals surface area contributed by atoms with Gasteiger partial charge in [0.15, 0.2) is 6.17 Å². The lowest BCUT2D eigenvalue weighted by atomic mass is 9.94. The molecule has 0 aromatic heterocycles. The summed E-state index contributed by atoms with van der Waals surface area (Å²) in [6.45, 7) is 0.132. The van der Waals surface area contributed by atoms with Crippen LogP contribution >= 0.6 is 24.0 Å². The van der Waals surface area contributed by atoms with Crippen molar-refractivity contribution >= 4 is 29.3 Å². The van der Waals surface area contributed by atoms with Gasteiger partial charge in [0.25, 0.3) is 5.24 Å². The number of alkyl halides is 1. The minimum Gasteiger partial charge on any atom is -0.300 e. The summed E-state index contributed by atoms with van der Waals surface area (Å²) in [5, 5.41) is -0.882. The van der Waals surface area contributed by atoms with Crippen molar-refractivity contribution in [3.63, 3.8) is 0 Å². The summed E-state index contributed by atoms with van der Waals surface area (Å²) in [5.74, 6) is 0. The highest BCUT2D eigenvalue weighted by Gasteiger charge is 2.23. The van der Waals surface area contributed by atoms with Crippen molar-refractivity contribution in [2.75, 3.05) is 13.6 Å². The highest BCUT2D eigenvalue weighted by Crippen LogP contribution is 2.21. The molecule has 1 rings (SSSR count). The summed E-state index contributed by atoms with van der Waals surface area (Å²) in [6, 6.07) is 0.429. The molecule has 90 valence electrons. The highest BCUT2D eigenvalue weighted by molar-refractivity contribution is 6.64. The molecule has 0 bridgehead atoms. The van der Waals surface area contributed by atoms with Gasteiger partial charge >= 0.3 is 0 Å². The summed E-state index contributed by atoms with van der Waals surface area (Å²) in [4.78, 5) is 12.4. The van der Waals surface area contributed by atoms with E-state index < -0.39 is 11.4 Å². The third-order valence-corrected chi connectivity index (χ3v) is 3.13. The fourth-order valence-corrected chi connectivity index (χ4v) is 2.06. The van der Waals surface area contributed by atoms with Crippen LogP contribution in [0.1, 0.15) is 32.1 Å². The Morgan fingerprint density at radius 1 is 1.47 bits per heavy atom. The molecule has 1 saturated carbocycles. The predicted octanol–water partition coefficient (Wildman–Crippen LogP) is 2.78. The van der Waals surface area contributed by atoms with Crippen molar-refractivity contribution in [1.29, 1.82) is 0 Å². The van der Waals surface area contributed by atoms with Gasteiger partial charge in [-0.25, -0.2) is 4.39 Å². The third kappa shape index (κ3) is 5.14. The molecule has 0 saturated heterocycles. The highest BCUT2D eigenvalue weighted by atomic mass is 35.5. The van der Waals surface area contributed by atoms with E-state index in [0.29, 0.717) is 6.04 Å². The Bertz CT molecular complexity index is 198. The molecule has 1 aliphatic carbocycles. The van der Waals surface area contributed by atoms with E-state index in [1.165, 1.54) is 19.3 Å². The van der Waals surface area contributed by atoms with Gasteiger partial charge in [0.2, 0.25) is 0 Å². The number of hydrogen-bond donors (Lipinski definition) is 0. The number of nitrogens with zero attached hydrogens (tertiary/aromatic N) is 1. The Morgan fingerprint density at radius 3 is 2.47 bits per heavy atom. The zero-order valence-corrected chi connectivity index (χ0v) is 10.5. The molecule has 0 heterocycles. The second-order valence-corrected chi connectivity index (χ2v) is 4.38. The first-order valence-electron chi connectivity index (χ1n) is 5.15. The lowest BCUT2D eigenvalue weighted by Gasteiger charge is -2.31. The molecule has 0 aliphatic heterocycles. The normalized spacial score (nSPS) is 19.7. The maximum atomic E-state index is 13.0. The van der Waals surface area contributed by atoms with Crippen molar-refractivity contribution in [1.82, 2.24) is 4.90 Å². The van der Waals surface area contributed by atoms with E-state index >= 15 is 0 Å². The van der Waals surface area contributed by atoms with Gasteiger partial charge < -0.3 is 4.90 Å². The molecule has 2 nitrogen and oxygen atoms in total. The molecule has 1 aliphatic rings. The second kappa shape index (κ2) is 7.42. The molecular formula is C10H18Cl2FNO. The molecular weight excluding hydrogens is 240 g/mol. The smallest absolute Gasteiger partial charge is 0.257 e. The van der Waals surface area contributed by atoms with Crippen molar-refractivity contribution in [3.05, 3.63) is 0 Å². The molecule has 15 heavy (non-hydrogen) atoms. The monoisotopic (exact) mass is 257 g/mol. The Kier molecular flexibility index (Phi) is 7.49. The number of carbonyl (C=O) groups is 1. The van der Waals surface area contributed by atoms with E-state index in [1.54, 1.807) is 0 Å². The van der Waals surface area contributed by atoms with Gasteiger partial charge in [0.05, 0.1) is 0 Å². The Morgan fingerprint density at radius 2 is 2.00 bits per heavy atom. The van der Waals surface area contributed by atoms with E-state index in [1.807, 2.05) is 11.9 Å². The average Bonchev–Trinajstić information content (AvgIpc) is 2.19. The van der Waals surface area contributed by atoms with Crippen LogP contribution in [0.3, 0.4) is 0 Å². The second-order valence-electron chi connectivity index (χ2n) is 4.00. The van der Waals surface area contributed by atoms with Gasteiger partial charge in [-0.1, -0.05) is 19.3 Å². The van der Waals surface area contributed by atoms with Crippen LogP contribution in [0, 0.1) is 0 Å². The molecule has 1 fully saturated rings. The summed E-state index contributed by atoms with van der Waals surface area (Å²) in [7, 11) is 1.86. The maximum absolute atomic E-state index is 13.0. The summed E-state index contributed by atoms with van der Waals surface area (Å²) in [5.41, 5.74) is 0. The summed E-state index contributed by atoms with van der Waals surface area (Å²) < 4.78 is 13.0. The fourth-order valence-electron chi connectivity index (χ4n) is 2.00. The first kappa shape index (κ1) is 15.1. The van der Waals surface area contributed by atoms with E-state index in [2.05, 4.69) is 0 Å². The molecule has 0 amide bonds. The van der Waals surface area contributed by atoms with Gasteiger partial charge in [-0.2, -0.15) is 0 Å². The van der Waals surface area contributed by atoms with Crippen LogP contribution < -0.4 is 0 Å². The van der Waals surface area contributed by atoms with Crippen LogP contribution in [-0.2, 0) is 4.79 Å². The topological polar surface area (TPSA) is 20.3 Å². The first-order valence-corrected chi connectivity index (χ1v) is 5.52. The van der Waals surface area contributed by atoms with Crippen LogP contribution in [0.25, 0.3) is 0 Å². The molecule has 0 spiro atoms. The van der Waals surface area contributed by atoms with Crippen molar-refractivity contribution in [2.24, 2.45) is 0 Å². The van der Waals surface area contributed by atoms with E-state index in [-0.39, 0.29) is 19.0 Å². The van der Waals surface area contributed by atoms with E-state index in [0.717, 1.165) is 12.8 Å². The lowest BCUT2D eigenvalue weighted by Crippen LogP contribution is -2.39. The quantitative estimate of drug-likeness (QED) is 0.723. The van der Waals surface area contributed by atoms with Gasteiger partial charge in [-0.3, -0.25) is 4.79 Å². The lowest BCUT2D eigenvalue weighted by molar-refractivity contribution is -0.116. The zero-order valence-electron chi connectivity index (χ0n) is 8.92. The Hall–Kier alpha value is 0.140. The van der Waals surface area contributed by atoms with Crippen LogP contribution in [0.5, 0.6) is 0 Å². The van der Waals surface area contributed by atoms with Gasteiger partial charge in [-0.15, -0.1) is 12.4 Å². The molecule has 0 radical (unpaired) electrons. The molecule has 1 atom stereocenters. The zero-order chi connectivity index (χ0) is 10.6. The Balaban J connectivity index is 0.00000196. The van der Waals surface area contributed by atoms with Crippen molar-refractivity contribution in [2.45, 2.75) is 44.3 Å². The van der Waals surface area contributed by atoms with E-state index in [9.17, 15) is 9.18 Å². The molecule has 0 N–H and O–H groups in total. The van der Waals surface area contributed by atoms with Crippen LogP contribution in [0.2, 0.25) is 0 Å². The SMILES string of the molecule is CN(CC(F)C(=O)Cl)C1CCCCC1.Cl. The molecule has 0 aromatic rings. The standard InChI is InChI=1S/C10H17ClFNO.ClH/c1-13(7-9(12)10(11)14)8-5-3-2-4-6-8;/h8-9H,2-7H2,1H3;1H. The van der Waals surface area contributed by atoms with Crippen LogP contribution in [0.4, 0.5) is 4.39 Å². The average molecular weight is 258 g/mol. The summed E-state index contributed by atoms with van der Waals surface area (Å²) >= 11 is 5.07. The van der Waals surface area contributed by atoms with Gasteiger partial charge in [0, 0.05) is 12.6 Å². The number of hydrogen-bond acceptors (Lipinski definition) is 2. The van der Waals surface area contributed by atoms with Crippen LogP contribution in [0.15, 0.2) is 0 Å². The van der Waals surface area contributed by atoms with Crippen LogP contribution in [-0.4, -0.2) is 35.9 Å². The van der Waals surface area contributed by atoms with E-state index in [4.69, 9.17) is 11.6 Å². The minimum absolute atomic E-state index is 0. The first-order chi connectivity index (χ1) is 6.61. The number of carbonyl (C=O) groups excluding carboxylic acids is 1. The minimum atomic E-state index is -1.54. The largest absolute Gasteiger partial charge is 0.300 e. The molecule has 5 heteroatoms. The molecule has 0 aromatic carbocycles. The fraction of sp³-hybridized carbons (Fsp3) is 0.900. The van der Waals surface area contributed by atoms with Crippen molar-refractivity contribution in [3.8, 4) is 0 Å². The van der Waals surface area contributed by atoms with Crippen molar-refractivity contribution < 1.29 is 9.18 Å². The molecule has 1 unspecified atom stereocenters. The third-order valence-electron chi connectivity index (χ3n) is 2.89. The van der Waals surface area contributed by atoms with Gasteiger partial charge in [0.1, 0.15) is 0 Å². The maximum Gasteiger partial charge on any atom is 0.257 e. The summed E-state index contributed by atoms with van der Waals surface area (Å²) in [6.07, 6.45) is 4.38.